The number of nitrogens with two attached hydrogens (primary N) is 1. The van der Waals surface area contributed by atoms with Gasteiger partial charge in [-0.25, -0.2) is 4.79 Å². The molecule has 0 aromatic rings. The summed E-state index contributed by atoms with van der Waals surface area (Å²) in [6.45, 7) is 6.75. The van der Waals surface area contributed by atoms with Crippen molar-refractivity contribution in [3.05, 3.63) is 0 Å². The van der Waals surface area contributed by atoms with E-state index >= 15 is 0 Å². The Hall–Kier alpha value is -1.71. The van der Waals surface area contributed by atoms with Crippen molar-refractivity contribution in [3.8, 4) is 0 Å². The van der Waals surface area contributed by atoms with E-state index in [1.807, 2.05) is 0 Å². The summed E-state index contributed by atoms with van der Waals surface area (Å²) < 4.78 is 0. The van der Waals surface area contributed by atoms with E-state index in [9.17, 15) is 34.8 Å². The monoisotopic (exact) mass is 522 g/mol. The van der Waals surface area contributed by atoms with Gasteiger partial charge in [0.25, 0.3) is 0 Å². The number of carboxylic acid groups (broad SMARTS) is 1. The summed E-state index contributed by atoms with van der Waals surface area (Å²) in [5.41, 5.74) is 5.04. The number of carboxylic acids is 1. The summed E-state index contributed by atoms with van der Waals surface area (Å²) in [6.07, 6.45) is 4.60. The molecule has 7 N–H and O–H groups in total. The van der Waals surface area contributed by atoms with E-state index in [1.54, 1.807) is 0 Å². The first-order valence-corrected chi connectivity index (χ1v) is 14.1. The largest absolute Gasteiger partial charge is 0.480 e. The molecule has 0 radical (unpaired) electrons. The van der Waals surface area contributed by atoms with Crippen molar-refractivity contribution < 1.29 is 34.8 Å². The van der Waals surface area contributed by atoms with Crippen LogP contribution in [0, 0.1) is 46.3 Å². The van der Waals surface area contributed by atoms with Crippen molar-refractivity contribution in [1.82, 2.24) is 5.32 Å². The summed E-state index contributed by atoms with van der Waals surface area (Å²) >= 11 is 0. The van der Waals surface area contributed by atoms with Crippen LogP contribution < -0.4 is 11.1 Å². The van der Waals surface area contributed by atoms with Gasteiger partial charge >= 0.3 is 5.97 Å². The third-order valence-electron chi connectivity index (χ3n) is 11.4. The van der Waals surface area contributed by atoms with Crippen LogP contribution in [0.1, 0.15) is 85.0 Å². The van der Waals surface area contributed by atoms with Crippen LogP contribution in [0.15, 0.2) is 0 Å². The van der Waals surface area contributed by atoms with E-state index in [1.165, 1.54) is 0 Å². The molecule has 4 aliphatic carbocycles. The number of aliphatic carboxylic acids is 1. The minimum Gasteiger partial charge on any atom is -0.480 e. The van der Waals surface area contributed by atoms with Gasteiger partial charge in [0.2, 0.25) is 11.8 Å². The third-order valence-corrected chi connectivity index (χ3v) is 11.4. The molecule has 4 aliphatic rings. The van der Waals surface area contributed by atoms with Crippen LogP contribution in [-0.4, -0.2) is 62.6 Å². The summed E-state index contributed by atoms with van der Waals surface area (Å²) in [7, 11) is 0. The smallest absolute Gasteiger partial charge is 0.326 e. The first-order chi connectivity index (χ1) is 17.3. The second-order valence-corrected chi connectivity index (χ2v) is 13.2. The standard InChI is InChI=1S/C28H46N2O7/c1-14(4-7-22(33)30-20(26(36)37)13-21(29)32)16-5-6-17-23-18(9-11-27(16,17)2)28(3)10-8-15(31)12-19(28)24(34)25(23)35/h14-20,23-25,31,34-35H,4-13H2,1-3H3,(H2,29,32)(H,30,33)(H,36,37)/t14-,15-,16-,17+,18+,19+,20+,23+,24+,25+,27-,28-/m1/s1. The highest BCUT2D eigenvalue weighted by molar-refractivity contribution is 5.88. The topological polar surface area (TPSA) is 170 Å². The van der Waals surface area contributed by atoms with Gasteiger partial charge in [-0.1, -0.05) is 20.8 Å². The number of primary amides is 1. The van der Waals surface area contributed by atoms with Gasteiger partial charge in [-0.3, -0.25) is 9.59 Å². The lowest BCUT2D eigenvalue weighted by Crippen LogP contribution is -2.64. The highest BCUT2D eigenvalue weighted by Gasteiger charge is 2.65. The Bertz CT molecular complexity index is 898. The van der Waals surface area contributed by atoms with Crippen LogP contribution in [0.4, 0.5) is 0 Å². The second-order valence-electron chi connectivity index (χ2n) is 13.2. The number of hydrogen-bond acceptors (Lipinski definition) is 6. The van der Waals surface area contributed by atoms with Gasteiger partial charge in [0.15, 0.2) is 0 Å². The first kappa shape index (κ1) is 28.3. The molecule has 0 saturated heterocycles. The van der Waals surface area contributed by atoms with E-state index in [0.29, 0.717) is 30.6 Å². The maximum Gasteiger partial charge on any atom is 0.326 e. The molecule has 37 heavy (non-hydrogen) atoms. The summed E-state index contributed by atoms with van der Waals surface area (Å²) in [4.78, 5) is 34.9. The Morgan fingerprint density at radius 1 is 0.946 bits per heavy atom. The fraction of sp³-hybridized carbons (Fsp3) is 0.893. The minimum absolute atomic E-state index is 0.00467. The summed E-state index contributed by atoms with van der Waals surface area (Å²) in [5, 5.41) is 44.6. The van der Waals surface area contributed by atoms with Gasteiger partial charge in [0.05, 0.1) is 24.7 Å². The minimum atomic E-state index is -1.31. The van der Waals surface area contributed by atoms with Crippen LogP contribution in [0.2, 0.25) is 0 Å². The third kappa shape index (κ3) is 5.03. The zero-order chi connectivity index (χ0) is 27.3. The molecule has 2 amide bonds. The van der Waals surface area contributed by atoms with Gasteiger partial charge in [0.1, 0.15) is 6.04 Å². The SMILES string of the molecule is C[C@H](CCC(=O)N[C@@H](CC(N)=O)C(=O)O)[C@H]1CC[C@H]2[C@@H]3[C@H](O)[C@@H](O)[C@@H]4C[C@H](O)CC[C@]4(C)[C@H]3CC[C@]12C. The predicted octanol–water partition coefficient (Wildman–Crippen LogP) is 1.81. The molecule has 4 saturated carbocycles. The van der Waals surface area contributed by atoms with Gasteiger partial charge in [-0.05, 0) is 97.7 Å². The van der Waals surface area contributed by atoms with Crippen LogP contribution in [0.5, 0.6) is 0 Å². The number of aliphatic hydroxyl groups is 3. The maximum absolute atomic E-state index is 12.5. The van der Waals surface area contributed by atoms with E-state index in [2.05, 4.69) is 26.1 Å². The molecule has 0 unspecified atom stereocenters. The van der Waals surface area contributed by atoms with Crippen LogP contribution >= 0.6 is 0 Å². The summed E-state index contributed by atoms with van der Waals surface area (Å²) in [6, 6.07) is -1.31. The van der Waals surface area contributed by atoms with E-state index in [4.69, 9.17) is 5.73 Å². The highest BCUT2D eigenvalue weighted by atomic mass is 16.4. The fourth-order valence-electron chi connectivity index (χ4n) is 9.44. The highest BCUT2D eigenvalue weighted by Crippen LogP contribution is 2.68. The average Bonchev–Trinajstić information content (AvgIpc) is 3.18. The molecule has 0 aromatic heterocycles. The molecule has 0 aliphatic heterocycles. The Morgan fingerprint density at radius 2 is 1.59 bits per heavy atom. The van der Waals surface area contributed by atoms with Crippen LogP contribution in [0.3, 0.4) is 0 Å². The number of hydrogen-bond donors (Lipinski definition) is 6. The maximum atomic E-state index is 12.5. The molecule has 0 heterocycles. The first-order valence-electron chi connectivity index (χ1n) is 14.1. The van der Waals surface area contributed by atoms with Crippen molar-refractivity contribution in [2.24, 2.45) is 52.1 Å². The second kappa shape index (κ2) is 10.5. The number of amides is 2. The van der Waals surface area contributed by atoms with E-state index < -0.39 is 48.6 Å². The van der Waals surface area contributed by atoms with Crippen LogP contribution in [-0.2, 0) is 14.4 Å². The van der Waals surface area contributed by atoms with Gasteiger partial charge in [-0.15, -0.1) is 0 Å². The Balaban J connectivity index is 1.43. The zero-order valence-corrected chi connectivity index (χ0v) is 22.4. The molecule has 0 aromatic carbocycles. The Labute approximate surface area is 219 Å². The Morgan fingerprint density at radius 3 is 2.24 bits per heavy atom. The van der Waals surface area contributed by atoms with E-state index in [0.717, 1.165) is 38.5 Å². The molecule has 9 nitrogen and oxygen atoms in total. The number of fused-ring (bicyclic) bond motifs is 5. The lowest BCUT2D eigenvalue weighted by Gasteiger charge is -2.63. The molecule has 4 fully saturated rings. The number of carbonyl (C=O) groups excluding carboxylic acids is 2. The van der Waals surface area contributed by atoms with Gasteiger partial charge in [0, 0.05) is 6.42 Å². The molecule has 210 valence electrons. The molecule has 9 heteroatoms. The van der Waals surface area contributed by atoms with Crippen molar-refractivity contribution >= 4 is 17.8 Å². The molecule has 0 bridgehead atoms. The lowest BCUT2D eigenvalue weighted by atomic mass is 9.43. The van der Waals surface area contributed by atoms with Gasteiger partial charge in [-0.2, -0.15) is 0 Å². The fourth-order valence-corrected chi connectivity index (χ4v) is 9.44. The van der Waals surface area contributed by atoms with Crippen molar-refractivity contribution in [3.63, 3.8) is 0 Å². The Kier molecular flexibility index (Phi) is 8.00. The number of aliphatic hydroxyl groups excluding tert-OH is 3. The van der Waals surface area contributed by atoms with Crippen LogP contribution in [0.25, 0.3) is 0 Å². The van der Waals surface area contributed by atoms with Crippen molar-refractivity contribution in [2.75, 3.05) is 0 Å². The average molecular weight is 523 g/mol. The lowest BCUT2D eigenvalue weighted by molar-refractivity contribution is -0.223. The molecule has 0 spiro atoms. The number of rotatable bonds is 8. The molecule has 4 rings (SSSR count). The normalized spacial score (nSPS) is 44.6. The zero-order valence-electron chi connectivity index (χ0n) is 22.4. The van der Waals surface area contributed by atoms with Crippen molar-refractivity contribution in [2.45, 2.75) is 109 Å². The molecular weight excluding hydrogens is 476 g/mol. The quantitative estimate of drug-likeness (QED) is 0.282. The van der Waals surface area contributed by atoms with Crippen molar-refractivity contribution in [1.29, 1.82) is 0 Å². The van der Waals surface area contributed by atoms with E-state index in [-0.39, 0.29) is 35.0 Å². The number of carbonyl (C=O) groups is 3. The predicted molar refractivity (Wildman–Crippen MR) is 136 cm³/mol. The summed E-state index contributed by atoms with van der Waals surface area (Å²) in [5.74, 6) is -1.25. The molecule has 12 atom stereocenters. The molecular formula is C28H46N2O7. The number of nitrogens with one attached hydrogen (secondary N) is 1. The van der Waals surface area contributed by atoms with Gasteiger partial charge < -0.3 is 31.5 Å².